The highest BCUT2D eigenvalue weighted by molar-refractivity contribution is 5.54. The van der Waals surface area contributed by atoms with Gasteiger partial charge in [0, 0.05) is 43.3 Å². The van der Waals surface area contributed by atoms with Crippen LogP contribution in [0.5, 0.6) is 0 Å². The van der Waals surface area contributed by atoms with E-state index in [9.17, 15) is 13.2 Å². The molecule has 0 aliphatic carbocycles. The van der Waals surface area contributed by atoms with Crippen LogP contribution in [0.1, 0.15) is 23.6 Å². The second-order valence-corrected chi connectivity index (χ2v) is 5.08. The minimum absolute atomic E-state index is 0.167. The van der Waals surface area contributed by atoms with Crippen LogP contribution in [0.2, 0.25) is 0 Å². The van der Waals surface area contributed by atoms with E-state index in [1.165, 1.54) is 12.3 Å². The molecule has 0 spiro atoms. The maximum Gasteiger partial charge on any atom is 0.419 e. The first-order valence-electron chi connectivity index (χ1n) is 6.73. The minimum Gasteiger partial charge on any atom is -0.370 e. The molecule has 1 aliphatic heterocycles. The van der Waals surface area contributed by atoms with E-state index in [2.05, 4.69) is 9.97 Å². The van der Waals surface area contributed by atoms with E-state index < -0.39 is 11.7 Å². The number of hydrogen-bond donors (Lipinski definition) is 0. The Morgan fingerprint density at radius 2 is 2.00 bits per heavy atom. The Labute approximate surface area is 120 Å². The lowest BCUT2D eigenvalue weighted by Gasteiger charge is -2.22. The highest BCUT2D eigenvalue weighted by Crippen LogP contribution is 2.38. The number of anilines is 1. The first kappa shape index (κ1) is 13.9. The number of pyridine rings is 2. The molecule has 0 amide bonds. The fraction of sp³-hybridized carbons (Fsp3) is 0.333. The van der Waals surface area contributed by atoms with Crippen molar-refractivity contribution in [2.45, 2.75) is 18.5 Å². The number of rotatable bonds is 2. The smallest absolute Gasteiger partial charge is 0.370 e. The van der Waals surface area contributed by atoms with Crippen molar-refractivity contribution in [2.24, 2.45) is 0 Å². The Balaban J connectivity index is 1.84. The fourth-order valence-electron chi connectivity index (χ4n) is 2.72. The lowest BCUT2D eigenvalue weighted by Crippen LogP contribution is -2.23. The van der Waals surface area contributed by atoms with Gasteiger partial charge in [0.1, 0.15) is 0 Å². The zero-order valence-electron chi connectivity index (χ0n) is 11.2. The van der Waals surface area contributed by atoms with Gasteiger partial charge in [-0.05, 0) is 24.6 Å². The minimum atomic E-state index is -4.38. The van der Waals surface area contributed by atoms with Gasteiger partial charge < -0.3 is 4.90 Å². The summed E-state index contributed by atoms with van der Waals surface area (Å²) in [6, 6.07) is 7.09. The predicted molar refractivity (Wildman–Crippen MR) is 73.0 cm³/mol. The summed E-state index contributed by atoms with van der Waals surface area (Å²) in [7, 11) is 0. The molecule has 1 saturated heterocycles. The number of nitrogens with zero attached hydrogens (tertiary/aromatic N) is 3. The zero-order valence-corrected chi connectivity index (χ0v) is 11.2. The summed E-state index contributed by atoms with van der Waals surface area (Å²) in [5, 5.41) is 0. The normalized spacial score (nSPS) is 19.0. The Kier molecular flexibility index (Phi) is 3.53. The lowest BCUT2D eigenvalue weighted by molar-refractivity contribution is -0.137. The van der Waals surface area contributed by atoms with E-state index >= 15 is 0 Å². The highest BCUT2D eigenvalue weighted by atomic mass is 19.4. The highest BCUT2D eigenvalue weighted by Gasteiger charge is 2.37. The van der Waals surface area contributed by atoms with Gasteiger partial charge in [0.25, 0.3) is 0 Å². The molecule has 3 heterocycles. The Morgan fingerprint density at radius 1 is 1.14 bits per heavy atom. The third-order valence-corrected chi connectivity index (χ3v) is 3.74. The monoisotopic (exact) mass is 293 g/mol. The first-order chi connectivity index (χ1) is 10.1. The van der Waals surface area contributed by atoms with Crippen LogP contribution >= 0.6 is 0 Å². The van der Waals surface area contributed by atoms with Gasteiger partial charge in [0.2, 0.25) is 0 Å². The maximum atomic E-state index is 13.0. The Morgan fingerprint density at radius 3 is 2.71 bits per heavy atom. The van der Waals surface area contributed by atoms with Gasteiger partial charge in [-0.2, -0.15) is 13.2 Å². The van der Waals surface area contributed by atoms with E-state index in [-0.39, 0.29) is 11.6 Å². The zero-order chi connectivity index (χ0) is 14.9. The van der Waals surface area contributed by atoms with Crippen LogP contribution in [0.3, 0.4) is 0 Å². The van der Waals surface area contributed by atoms with E-state index in [4.69, 9.17) is 0 Å². The summed E-state index contributed by atoms with van der Waals surface area (Å²) in [6.07, 6.45) is 0.428. The van der Waals surface area contributed by atoms with Crippen molar-refractivity contribution >= 4 is 5.69 Å². The van der Waals surface area contributed by atoms with Gasteiger partial charge in [-0.15, -0.1) is 0 Å². The maximum absolute atomic E-state index is 13.0. The molecule has 1 aliphatic rings. The third-order valence-electron chi connectivity index (χ3n) is 3.74. The van der Waals surface area contributed by atoms with Gasteiger partial charge in [-0.3, -0.25) is 9.97 Å². The topological polar surface area (TPSA) is 29.0 Å². The third kappa shape index (κ3) is 2.84. The Bertz CT molecular complexity index is 613. The molecular weight excluding hydrogens is 279 g/mol. The molecule has 2 aromatic heterocycles. The van der Waals surface area contributed by atoms with Crippen molar-refractivity contribution in [3.8, 4) is 0 Å². The van der Waals surface area contributed by atoms with Crippen molar-refractivity contribution in [1.82, 2.24) is 9.97 Å². The van der Waals surface area contributed by atoms with Gasteiger partial charge >= 0.3 is 6.18 Å². The second kappa shape index (κ2) is 5.35. The standard InChI is InChI=1S/C15H14F3N3/c16-15(17,18)12-9-19-7-4-14(12)21-8-5-11(10-21)13-3-1-2-6-20-13/h1-4,6-7,9,11H,5,8,10H2/t11-/m0/s1. The molecule has 3 rings (SSSR count). The summed E-state index contributed by atoms with van der Waals surface area (Å²) < 4.78 is 39.1. The molecular formula is C15H14F3N3. The second-order valence-electron chi connectivity index (χ2n) is 5.08. The molecule has 0 unspecified atom stereocenters. The van der Waals surface area contributed by atoms with Gasteiger partial charge in [-0.1, -0.05) is 6.07 Å². The van der Waals surface area contributed by atoms with Crippen LogP contribution in [-0.4, -0.2) is 23.1 Å². The lowest BCUT2D eigenvalue weighted by atomic mass is 10.0. The predicted octanol–water partition coefficient (Wildman–Crippen LogP) is 3.49. The molecule has 110 valence electrons. The number of hydrogen-bond acceptors (Lipinski definition) is 3. The molecule has 0 aromatic carbocycles. The van der Waals surface area contributed by atoms with Crippen molar-refractivity contribution < 1.29 is 13.2 Å². The summed E-state index contributed by atoms with van der Waals surface area (Å²) in [5.41, 5.74) is 0.463. The summed E-state index contributed by atoms with van der Waals surface area (Å²) >= 11 is 0. The van der Waals surface area contributed by atoms with Crippen molar-refractivity contribution in [1.29, 1.82) is 0 Å². The molecule has 0 N–H and O–H groups in total. The van der Waals surface area contributed by atoms with E-state index in [0.717, 1.165) is 18.3 Å². The van der Waals surface area contributed by atoms with Crippen molar-refractivity contribution in [3.63, 3.8) is 0 Å². The number of alkyl halides is 3. The van der Waals surface area contributed by atoms with Crippen molar-refractivity contribution in [3.05, 3.63) is 54.1 Å². The molecule has 21 heavy (non-hydrogen) atoms. The van der Waals surface area contributed by atoms with Crippen LogP contribution in [0.25, 0.3) is 0 Å². The number of aromatic nitrogens is 2. The van der Waals surface area contributed by atoms with Crippen LogP contribution in [0, 0.1) is 0 Å². The Hall–Kier alpha value is -2.11. The van der Waals surface area contributed by atoms with E-state index in [1.807, 2.05) is 18.2 Å². The van der Waals surface area contributed by atoms with Crippen LogP contribution in [0.4, 0.5) is 18.9 Å². The average molecular weight is 293 g/mol. The largest absolute Gasteiger partial charge is 0.419 e. The summed E-state index contributed by atoms with van der Waals surface area (Å²) in [5.74, 6) is 0.167. The van der Waals surface area contributed by atoms with Gasteiger partial charge in [-0.25, -0.2) is 0 Å². The van der Waals surface area contributed by atoms with Crippen LogP contribution < -0.4 is 4.90 Å². The molecule has 3 nitrogen and oxygen atoms in total. The average Bonchev–Trinajstić information content (AvgIpc) is 2.97. The molecule has 0 bridgehead atoms. The molecule has 0 radical (unpaired) electrons. The molecule has 2 aromatic rings. The van der Waals surface area contributed by atoms with E-state index in [1.54, 1.807) is 11.1 Å². The first-order valence-corrected chi connectivity index (χ1v) is 6.73. The van der Waals surface area contributed by atoms with Crippen molar-refractivity contribution in [2.75, 3.05) is 18.0 Å². The van der Waals surface area contributed by atoms with Crippen LogP contribution in [-0.2, 0) is 6.18 Å². The van der Waals surface area contributed by atoms with Crippen LogP contribution in [0.15, 0.2) is 42.9 Å². The molecule has 6 heteroatoms. The summed E-state index contributed by atoms with van der Waals surface area (Å²) in [4.78, 5) is 9.67. The van der Waals surface area contributed by atoms with Gasteiger partial charge in [0.15, 0.2) is 0 Å². The molecule has 1 fully saturated rings. The van der Waals surface area contributed by atoms with Gasteiger partial charge in [0.05, 0.1) is 11.3 Å². The van der Waals surface area contributed by atoms with E-state index in [0.29, 0.717) is 13.1 Å². The fourth-order valence-corrected chi connectivity index (χ4v) is 2.72. The molecule has 0 saturated carbocycles. The molecule has 1 atom stereocenters. The number of halogens is 3. The summed E-state index contributed by atoms with van der Waals surface area (Å²) in [6.45, 7) is 1.14. The SMILES string of the molecule is FC(F)(F)c1cnccc1N1CC[C@H](c2ccccn2)C1. The quantitative estimate of drug-likeness (QED) is 0.848.